The molecule has 5 rings (SSSR count). The zero-order chi connectivity index (χ0) is 23.3. The van der Waals surface area contributed by atoms with Crippen molar-refractivity contribution >= 4 is 62.5 Å². The Hall–Kier alpha value is -2.75. The Labute approximate surface area is 201 Å². The Bertz CT molecular complexity index is 1610. The number of allylic oxidation sites excluding steroid dienone is 1. The smallest absolute Gasteiger partial charge is 0.269 e. The van der Waals surface area contributed by atoms with Crippen molar-refractivity contribution in [3.05, 3.63) is 83.7 Å². The van der Waals surface area contributed by atoms with Crippen LogP contribution in [-0.4, -0.2) is 11.6 Å². The number of halogens is 2. The maximum Gasteiger partial charge on any atom is 0.269 e. The molecular formula is C24H20F2N3OS3+. The Morgan fingerprint density at radius 3 is 2.61 bits per heavy atom. The summed E-state index contributed by atoms with van der Waals surface area (Å²) in [6, 6.07) is 9.50. The number of fused-ring (bicyclic) bond motifs is 2. The van der Waals surface area contributed by atoms with E-state index >= 15 is 0 Å². The third-order valence-corrected chi connectivity index (χ3v) is 8.96. The van der Waals surface area contributed by atoms with Crippen molar-refractivity contribution in [3.8, 4) is 0 Å². The van der Waals surface area contributed by atoms with Crippen LogP contribution in [0.3, 0.4) is 0 Å². The molecule has 0 saturated heterocycles. The fraction of sp³-hybridized carbons (Fsp3) is 0.167. The molecule has 33 heavy (non-hydrogen) atoms. The quantitative estimate of drug-likeness (QED) is 0.399. The highest BCUT2D eigenvalue weighted by atomic mass is 32.2. The fourth-order valence-electron chi connectivity index (χ4n) is 3.76. The number of aryl methyl sites for hydroxylation is 1. The first kappa shape index (κ1) is 22.1. The summed E-state index contributed by atoms with van der Waals surface area (Å²) in [4.78, 5) is 15.9. The zero-order valence-electron chi connectivity index (χ0n) is 18.1. The number of rotatable bonds is 3. The molecule has 9 heteroatoms. The second-order valence-corrected chi connectivity index (χ2v) is 10.7. The molecule has 2 aromatic carbocycles. The first-order valence-electron chi connectivity index (χ1n) is 10.3. The van der Waals surface area contributed by atoms with Gasteiger partial charge in [0.1, 0.15) is 28.0 Å². The van der Waals surface area contributed by atoms with Gasteiger partial charge in [-0.2, -0.15) is 4.57 Å². The van der Waals surface area contributed by atoms with E-state index in [0.29, 0.717) is 11.1 Å². The van der Waals surface area contributed by atoms with Gasteiger partial charge in [0.05, 0.1) is 21.3 Å². The van der Waals surface area contributed by atoms with Gasteiger partial charge in [-0.3, -0.25) is 9.36 Å². The van der Waals surface area contributed by atoms with Crippen LogP contribution >= 0.6 is 34.4 Å². The van der Waals surface area contributed by atoms with Crippen molar-refractivity contribution in [1.29, 1.82) is 0 Å². The number of benzene rings is 2. The summed E-state index contributed by atoms with van der Waals surface area (Å²) in [6.07, 6.45) is 5.72. The minimum absolute atomic E-state index is 0.0467. The molecule has 0 fully saturated rings. The normalized spacial score (nSPS) is 15.9. The van der Waals surface area contributed by atoms with Crippen molar-refractivity contribution in [2.24, 2.45) is 7.05 Å². The van der Waals surface area contributed by atoms with Crippen LogP contribution in [0.4, 0.5) is 14.5 Å². The maximum atomic E-state index is 13.7. The lowest BCUT2D eigenvalue weighted by Gasteiger charge is -2.12. The van der Waals surface area contributed by atoms with Crippen LogP contribution in [-0.2, 0) is 13.6 Å². The number of anilines is 1. The molecule has 0 radical (unpaired) electrons. The minimum Gasteiger partial charge on any atom is -0.338 e. The van der Waals surface area contributed by atoms with Crippen LogP contribution in [0, 0.1) is 11.6 Å². The molecule has 2 aromatic heterocycles. The van der Waals surface area contributed by atoms with Crippen LogP contribution in [0.15, 0.2) is 57.2 Å². The van der Waals surface area contributed by atoms with E-state index in [2.05, 4.69) is 0 Å². The van der Waals surface area contributed by atoms with Gasteiger partial charge in [0.25, 0.3) is 10.6 Å². The maximum absolute atomic E-state index is 13.7. The van der Waals surface area contributed by atoms with Crippen molar-refractivity contribution in [2.45, 2.75) is 18.4 Å². The first-order chi connectivity index (χ1) is 15.9. The van der Waals surface area contributed by atoms with Gasteiger partial charge in [0.15, 0.2) is 0 Å². The average molecular weight is 501 g/mol. The number of nitrogens with zero attached hydrogens (tertiary/aromatic N) is 3. The van der Waals surface area contributed by atoms with Gasteiger partial charge in [-0.1, -0.05) is 23.1 Å². The van der Waals surface area contributed by atoms with Gasteiger partial charge in [-0.05, 0) is 49.4 Å². The largest absolute Gasteiger partial charge is 0.338 e. The first-order valence-corrected chi connectivity index (χ1v) is 12.7. The number of thiazole rings is 2. The van der Waals surface area contributed by atoms with Crippen molar-refractivity contribution in [2.75, 3.05) is 11.9 Å². The van der Waals surface area contributed by atoms with Crippen LogP contribution in [0.2, 0.25) is 0 Å². The molecule has 0 bridgehead atoms. The standard InChI is InChI=1S/C24H20F2N3OS3/c1-4-29-23(13-22-28(3)17-12-15(26)6-8-19(17)32-22)33-20(24(29)30)9-10-21-27(2)16-11-14(25)5-7-18(16)31-21/h5-13H,4H2,1-3H3/q+1/b20-9-,21-10-. The molecule has 0 unspecified atom stereocenters. The summed E-state index contributed by atoms with van der Waals surface area (Å²) in [5.74, 6) is -0.540. The molecule has 4 aromatic rings. The molecule has 3 heterocycles. The van der Waals surface area contributed by atoms with E-state index < -0.39 is 0 Å². The van der Waals surface area contributed by atoms with Gasteiger partial charge in [-0.25, -0.2) is 8.78 Å². The molecule has 0 amide bonds. The predicted octanol–water partition coefficient (Wildman–Crippen LogP) is 3.94. The van der Waals surface area contributed by atoms with Gasteiger partial charge < -0.3 is 4.90 Å². The monoisotopic (exact) mass is 500 g/mol. The summed E-state index contributed by atoms with van der Waals surface area (Å²) in [5.41, 5.74) is 1.59. The molecule has 1 aliphatic heterocycles. The van der Waals surface area contributed by atoms with Crippen molar-refractivity contribution in [3.63, 3.8) is 0 Å². The molecule has 1 aliphatic rings. The highest BCUT2D eigenvalue weighted by molar-refractivity contribution is 8.03. The second-order valence-electron chi connectivity index (χ2n) is 7.55. The number of aromatic nitrogens is 2. The van der Waals surface area contributed by atoms with Crippen molar-refractivity contribution < 1.29 is 13.3 Å². The van der Waals surface area contributed by atoms with E-state index in [0.717, 1.165) is 35.5 Å². The van der Waals surface area contributed by atoms with Gasteiger partial charge >= 0.3 is 0 Å². The summed E-state index contributed by atoms with van der Waals surface area (Å²) >= 11 is 4.53. The topological polar surface area (TPSA) is 29.1 Å². The lowest BCUT2D eigenvalue weighted by atomic mass is 10.3. The van der Waals surface area contributed by atoms with Crippen LogP contribution in [0.1, 0.15) is 11.9 Å². The van der Waals surface area contributed by atoms with Crippen LogP contribution in [0.5, 0.6) is 0 Å². The Morgan fingerprint density at radius 1 is 1.06 bits per heavy atom. The molecule has 0 atom stereocenters. The summed E-state index contributed by atoms with van der Waals surface area (Å²) in [7, 11) is 3.79. The van der Waals surface area contributed by atoms with E-state index in [9.17, 15) is 13.6 Å². The average Bonchev–Trinajstić information content (AvgIpc) is 3.38. The molecule has 0 aliphatic carbocycles. The summed E-state index contributed by atoms with van der Waals surface area (Å²) in [6.45, 7) is 2.49. The lowest BCUT2D eigenvalue weighted by Crippen LogP contribution is -2.32. The second kappa shape index (κ2) is 8.55. The Morgan fingerprint density at radius 2 is 1.82 bits per heavy atom. The van der Waals surface area contributed by atoms with E-state index in [-0.39, 0.29) is 17.2 Å². The number of hydrogen-bond donors (Lipinski definition) is 0. The molecule has 0 N–H and O–H groups in total. The molecule has 4 nitrogen and oxygen atoms in total. The summed E-state index contributed by atoms with van der Waals surface area (Å²) in [5, 5.41) is 1.86. The van der Waals surface area contributed by atoms with E-state index in [1.807, 2.05) is 48.7 Å². The van der Waals surface area contributed by atoms with Crippen molar-refractivity contribution in [1.82, 2.24) is 4.57 Å². The van der Waals surface area contributed by atoms with Gasteiger partial charge in [0, 0.05) is 24.6 Å². The number of hydrogen-bond acceptors (Lipinski definition) is 5. The van der Waals surface area contributed by atoms with E-state index in [4.69, 9.17) is 0 Å². The van der Waals surface area contributed by atoms with Crippen LogP contribution < -0.4 is 24.2 Å². The predicted molar refractivity (Wildman–Crippen MR) is 133 cm³/mol. The SMILES string of the molecule is CCn1c(=Cc2sc3ccc(F)cc3[n+]2C)s/c(=C\C=C2/Sc3ccc(F)cc3N2C)c1=O. The Kier molecular flexibility index (Phi) is 5.72. The molecular weight excluding hydrogens is 480 g/mol. The third kappa shape index (κ3) is 3.94. The third-order valence-electron chi connectivity index (χ3n) is 5.53. The summed E-state index contributed by atoms with van der Waals surface area (Å²) < 4.78 is 33.4. The molecule has 168 valence electrons. The van der Waals surface area contributed by atoms with E-state index in [1.54, 1.807) is 39.8 Å². The lowest BCUT2D eigenvalue weighted by molar-refractivity contribution is -0.642. The van der Waals surface area contributed by atoms with Gasteiger partial charge in [-0.15, -0.1) is 11.3 Å². The highest BCUT2D eigenvalue weighted by Crippen LogP contribution is 2.45. The van der Waals surface area contributed by atoms with Gasteiger partial charge in [0.2, 0.25) is 5.52 Å². The highest BCUT2D eigenvalue weighted by Gasteiger charge is 2.22. The molecule has 0 spiro atoms. The molecule has 0 saturated carbocycles. The fourth-order valence-corrected chi connectivity index (χ4v) is 6.99. The van der Waals surface area contributed by atoms with E-state index in [1.165, 1.54) is 35.6 Å². The Balaban J connectivity index is 1.58. The van der Waals surface area contributed by atoms with Crippen LogP contribution in [0.25, 0.3) is 22.4 Å². The zero-order valence-corrected chi connectivity index (χ0v) is 20.6. The minimum atomic E-state index is -0.271. The number of thioether (sulfide) groups is 1.